The number of hydrogen-bond acceptors (Lipinski definition) is 3. The fourth-order valence-corrected chi connectivity index (χ4v) is 2.59. The van der Waals surface area contributed by atoms with Gasteiger partial charge in [0.05, 0.1) is 5.56 Å². The Morgan fingerprint density at radius 3 is 2.52 bits per heavy atom. The number of nitrogens with zero attached hydrogens (tertiary/aromatic N) is 2. The molecule has 0 saturated heterocycles. The Labute approximate surface area is 130 Å². The summed E-state index contributed by atoms with van der Waals surface area (Å²) in [7, 11) is 0. The van der Waals surface area contributed by atoms with E-state index in [0.717, 1.165) is 12.8 Å². The zero-order valence-corrected chi connectivity index (χ0v) is 12.4. The summed E-state index contributed by atoms with van der Waals surface area (Å²) in [6.07, 6.45) is -3.06. The number of hydrogen-bond donors (Lipinski definition) is 1. The quantitative estimate of drug-likeness (QED) is 0.942. The van der Waals surface area contributed by atoms with Gasteiger partial charge in [-0.2, -0.15) is 18.3 Å². The van der Waals surface area contributed by atoms with Gasteiger partial charge in [0.1, 0.15) is 12.2 Å². The molecule has 0 radical (unpaired) electrons. The highest BCUT2D eigenvalue weighted by molar-refractivity contribution is 5.73. The van der Waals surface area contributed by atoms with Crippen LogP contribution >= 0.6 is 0 Å². The Hall–Kier alpha value is -2.31. The van der Waals surface area contributed by atoms with Gasteiger partial charge in [-0.25, -0.2) is 4.68 Å². The first-order valence-electron chi connectivity index (χ1n) is 7.24. The Morgan fingerprint density at radius 1 is 1.30 bits per heavy atom. The summed E-state index contributed by atoms with van der Waals surface area (Å²) in [5.74, 6) is -0.386. The average molecular weight is 324 g/mol. The molecule has 0 aliphatic heterocycles. The van der Waals surface area contributed by atoms with Crippen LogP contribution in [0.4, 0.5) is 13.2 Å². The van der Waals surface area contributed by atoms with E-state index in [4.69, 9.17) is 0 Å². The van der Waals surface area contributed by atoms with Crippen LogP contribution in [-0.2, 0) is 6.54 Å². The molecular formula is C16H15F3N2O2. The van der Waals surface area contributed by atoms with Gasteiger partial charge in [-0.1, -0.05) is 24.3 Å². The van der Waals surface area contributed by atoms with Gasteiger partial charge in [-0.3, -0.25) is 4.79 Å². The lowest BCUT2D eigenvalue weighted by Gasteiger charge is -2.15. The molecule has 0 spiro atoms. The molecule has 0 bridgehead atoms. The number of rotatable bonds is 3. The zero-order valence-electron chi connectivity index (χ0n) is 12.4. The number of benzene rings is 1. The maximum atomic E-state index is 12.7. The predicted molar refractivity (Wildman–Crippen MR) is 78.4 cm³/mol. The molecule has 4 nitrogen and oxygen atoms in total. The molecule has 23 heavy (non-hydrogen) atoms. The normalized spacial score (nSPS) is 15.0. The summed E-state index contributed by atoms with van der Waals surface area (Å²) in [5.41, 5.74) is 0.261. The SMILES string of the molecule is Cc1ccccc1-c1c(O)c(C2CC2)nn(CC(F)(F)F)c1=O. The van der Waals surface area contributed by atoms with Crippen molar-refractivity contribution in [1.29, 1.82) is 0 Å². The highest BCUT2D eigenvalue weighted by Crippen LogP contribution is 2.45. The van der Waals surface area contributed by atoms with Crippen LogP contribution in [0.25, 0.3) is 11.1 Å². The Balaban J connectivity index is 2.25. The van der Waals surface area contributed by atoms with Crippen molar-refractivity contribution in [3.8, 4) is 16.9 Å². The molecular weight excluding hydrogens is 309 g/mol. The smallest absolute Gasteiger partial charge is 0.408 e. The first-order chi connectivity index (χ1) is 10.8. The number of aryl methyl sites for hydroxylation is 1. The van der Waals surface area contributed by atoms with Crippen LogP contribution in [0.2, 0.25) is 0 Å². The topological polar surface area (TPSA) is 55.1 Å². The molecule has 1 aliphatic rings. The van der Waals surface area contributed by atoms with Crippen LogP contribution in [0.3, 0.4) is 0 Å². The predicted octanol–water partition coefficient (Wildman–Crippen LogP) is 3.36. The van der Waals surface area contributed by atoms with Gasteiger partial charge >= 0.3 is 6.18 Å². The molecule has 1 aliphatic carbocycles. The minimum Gasteiger partial charge on any atom is -0.505 e. The molecule has 122 valence electrons. The van der Waals surface area contributed by atoms with Gasteiger partial charge < -0.3 is 5.11 Å². The molecule has 7 heteroatoms. The largest absolute Gasteiger partial charge is 0.505 e. The molecule has 1 heterocycles. The summed E-state index contributed by atoms with van der Waals surface area (Å²) in [5, 5.41) is 14.2. The van der Waals surface area contributed by atoms with Crippen molar-refractivity contribution in [2.24, 2.45) is 0 Å². The minimum atomic E-state index is -4.56. The van der Waals surface area contributed by atoms with Gasteiger partial charge in [0.25, 0.3) is 5.56 Å². The maximum Gasteiger partial charge on any atom is 0.408 e. The van der Waals surface area contributed by atoms with Crippen molar-refractivity contribution in [3.05, 3.63) is 45.9 Å². The third kappa shape index (κ3) is 3.09. The van der Waals surface area contributed by atoms with Crippen LogP contribution in [-0.4, -0.2) is 21.1 Å². The van der Waals surface area contributed by atoms with E-state index in [1.54, 1.807) is 31.2 Å². The first kappa shape index (κ1) is 15.6. The van der Waals surface area contributed by atoms with Crippen molar-refractivity contribution in [1.82, 2.24) is 9.78 Å². The summed E-state index contributed by atoms with van der Waals surface area (Å²) in [4.78, 5) is 12.5. The molecule has 3 rings (SSSR count). The van der Waals surface area contributed by atoms with Crippen LogP contribution < -0.4 is 5.56 Å². The van der Waals surface area contributed by atoms with Crippen molar-refractivity contribution in [3.63, 3.8) is 0 Å². The second kappa shape index (κ2) is 5.40. The highest BCUT2D eigenvalue weighted by Gasteiger charge is 2.35. The lowest BCUT2D eigenvalue weighted by molar-refractivity contribution is -0.143. The summed E-state index contributed by atoms with van der Waals surface area (Å²) in [6, 6.07) is 6.78. The highest BCUT2D eigenvalue weighted by atomic mass is 19.4. The van der Waals surface area contributed by atoms with E-state index >= 15 is 0 Å². The number of aromatic nitrogens is 2. The molecule has 0 unspecified atom stereocenters. The Kier molecular flexibility index (Phi) is 3.66. The van der Waals surface area contributed by atoms with Gasteiger partial charge in [0.15, 0.2) is 5.75 Å². The lowest BCUT2D eigenvalue weighted by Crippen LogP contribution is -2.32. The lowest BCUT2D eigenvalue weighted by atomic mass is 10.00. The number of halogens is 3. The van der Waals surface area contributed by atoms with E-state index in [-0.39, 0.29) is 22.9 Å². The molecule has 1 fully saturated rings. The Bertz CT molecular complexity index is 808. The molecule has 1 N–H and O–H groups in total. The van der Waals surface area contributed by atoms with Gasteiger partial charge in [0.2, 0.25) is 0 Å². The van der Waals surface area contributed by atoms with Gasteiger partial charge in [-0.05, 0) is 30.9 Å². The molecule has 0 amide bonds. The molecule has 0 atom stereocenters. The zero-order chi connectivity index (χ0) is 16.8. The fourth-order valence-electron chi connectivity index (χ4n) is 2.59. The van der Waals surface area contributed by atoms with Gasteiger partial charge in [0, 0.05) is 5.92 Å². The number of aromatic hydroxyl groups is 1. The molecule has 1 aromatic carbocycles. The summed E-state index contributed by atoms with van der Waals surface area (Å²) in [6.45, 7) is 0.268. The number of alkyl halides is 3. The maximum absolute atomic E-state index is 12.7. The van der Waals surface area contributed by atoms with E-state index in [2.05, 4.69) is 5.10 Å². The first-order valence-corrected chi connectivity index (χ1v) is 7.24. The fraction of sp³-hybridized carbons (Fsp3) is 0.375. The monoisotopic (exact) mass is 324 g/mol. The standard InChI is InChI=1S/C16H15F3N2O2/c1-9-4-2-3-5-11(9)12-14(22)13(10-6-7-10)20-21(15(12)23)8-16(17,18)19/h2-5,10,22H,6-8H2,1H3. The average Bonchev–Trinajstić information content (AvgIpc) is 3.27. The second-order valence-corrected chi connectivity index (χ2v) is 5.78. The van der Waals surface area contributed by atoms with E-state index in [1.807, 2.05) is 0 Å². The van der Waals surface area contributed by atoms with E-state index in [9.17, 15) is 23.1 Å². The third-order valence-electron chi connectivity index (χ3n) is 3.86. The van der Waals surface area contributed by atoms with Crippen molar-refractivity contribution in [2.75, 3.05) is 0 Å². The summed E-state index contributed by atoms with van der Waals surface area (Å²) >= 11 is 0. The molecule has 2 aromatic rings. The van der Waals surface area contributed by atoms with Crippen LogP contribution in [0.15, 0.2) is 29.1 Å². The van der Waals surface area contributed by atoms with E-state index in [0.29, 0.717) is 15.8 Å². The Morgan fingerprint density at radius 2 is 1.96 bits per heavy atom. The van der Waals surface area contributed by atoms with Crippen molar-refractivity contribution >= 4 is 0 Å². The summed E-state index contributed by atoms with van der Waals surface area (Å²) < 4.78 is 38.6. The third-order valence-corrected chi connectivity index (χ3v) is 3.86. The van der Waals surface area contributed by atoms with E-state index in [1.165, 1.54) is 0 Å². The minimum absolute atomic E-state index is 0.0853. The molecule has 1 aromatic heterocycles. The molecule has 1 saturated carbocycles. The van der Waals surface area contributed by atoms with Crippen molar-refractivity contribution in [2.45, 2.75) is 38.4 Å². The van der Waals surface area contributed by atoms with Crippen LogP contribution in [0, 0.1) is 6.92 Å². The van der Waals surface area contributed by atoms with Crippen LogP contribution in [0.1, 0.15) is 30.0 Å². The van der Waals surface area contributed by atoms with Crippen molar-refractivity contribution < 1.29 is 18.3 Å². The van der Waals surface area contributed by atoms with E-state index < -0.39 is 18.3 Å². The van der Waals surface area contributed by atoms with Gasteiger partial charge in [-0.15, -0.1) is 0 Å². The van der Waals surface area contributed by atoms with Crippen LogP contribution in [0.5, 0.6) is 5.75 Å². The second-order valence-electron chi connectivity index (χ2n) is 5.78.